The molecule has 0 atom stereocenters. The van der Waals surface area contributed by atoms with E-state index in [1.807, 2.05) is 6.07 Å². The van der Waals surface area contributed by atoms with E-state index < -0.39 is 9.84 Å². The fourth-order valence-corrected chi connectivity index (χ4v) is 3.50. The third-order valence-corrected chi connectivity index (χ3v) is 5.04. The Morgan fingerprint density at radius 3 is 2.17 bits per heavy atom. The second-order valence-corrected chi connectivity index (χ2v) is 7.69. The van der Waals surface area contributed by atoms with Crippen molar-refractivity contribution in [1.29, 1.82) is 0 Å². The van der Waals surface area contributed by atoms with Crippen molar-refractivity contribution >= 4 is 27.2 Å². The lowest BCUT2D eigenvalue weighted by molar-refractivity contribution is -0.115. The van der Waals surface area contributed by atoms with Crippen LogP contribution in [0.4, 0.5) is 5.69 Å². The van der Waals surface area contributed by atoms with Crippen LogP contribution in [0, 0.1) is 0 Å². The Morgan fingerprint density at radius 1 is 0.958 bits per heavy atom. The van der Waals surface area contributed by atoms with Gasteiger partial charge in [-0.1, -0.05) is 30.3 Å². The van der Waals surface area contributed by atoms with Gasteiger partial charge in [-0.15, -0.1) is 0 Å². The van der Waals surface area contributed by atoms with Gasteiger partial charge in [0.1, 0.15) is 0 Å². The second-order valence-electron chi connectivity index (χ2n) is 5.51. The summed E-state index contributed by atoms with van der Waals surface area (Å²) >= 11 is 0. The number of carbonyl (C=O) groups excluding carboxylic acids is 2. The molecule has 0 heterocycles. The highest BCUT2D eigenvalue weighted by Gasteiger charge is 2.14. The van der Waals surface area contributed by atoms with Crippen molar-refractivity contribution in [2.45, 2.75) is 19.1 Å². The van der Waals surface area contributed by atoms with Gasteiger partial charge in [-0.25, -0.2) is 8.42 Å². The summed E-state index contributed by atoms with van der Waals surface area (Å²) in [6, 6.07) is 15.3. The molecule has 24 heavy (non-hydrogen) atoms. The third-order valence-electron chi connectivity index (χ3n) is 3.44. The molecule has 1 amide bonds. The zero-order valence-corrected chi connectivity index (χ0v) is 14.2. The van der Waals surface area contributed by atoms with Crippen LogP contribution in [0.1, 0.15) is 29.3 Å². The average molecular weight is 345 g/mol. The first-order valence-corrected chi connectivity index (χ1v) is 9.33. The largest absolute Gasteiger partial charge is 0.326 e. The van der Waals surface area contributed by atoms with E-state index in [0.717, 1.165) is 0 Å². The van der Waals surface area contributed by atoms with Crippen LogP contribution in [0.3, 0.4) is 0 Å². The van der Waals surface area contributed by atoms with Gasteiger partial charge in [0.05, 0.1) is 11.5 Å². The van der Waals surface area contributed by atoms with Crippen molar-refractivity contribution in [2.24, 2.45) is 0 Å². The topological polar surface area (TPSA) is 80.3 Å². The Kier molecular flexibility index (Phi) is 5.87. The van der Waals surface area contributed by atoms with Crippen LogP contribution >= 0.6 is 0 Å². The first-order valence-electron chi connectivity index (χ1n) is 7.51. The molecule has 5 nitrogen and oxygen atoms in total. The molecule has 0 saturated heterocycles. The molecule has 0 bridgehead atoms. The van der Waals surface area contributed by atoms with Crippen molar-refractivity contribution in [3.63, 3.8) is 0 Å². The van der Waals surface area contributed by atoms with E-state index in [-0.39, 0.29) is 29.6 Å². The van der Waals surface area contributed by atoms with E-state index in [4.69, 9.17) is 0 Å². The lowest BCUT2D eigenvalue weighted by atomic mass is 10.1. The van der Waals surface area contributed by atoms with Crippen molar-refractivity contribution in [3.05, 3.63) is 65.7 Å². The highest BCUT2D eigenvalue weighted by atomic mass is 32.2. The summed E-state index contributed by atoms with van der Waals surface area (Å²) in [6.45, 7) is 1.46. The van der Waals surface area contributed by atoms with Gasteiger partial charge in [-0.05, 0) is 36.8 Å². The number of anilines is 1. The Bertz CT molecular complexity index is 812. The van der Waals surface area contributed by atoms with Crippen molar-refractivity contribution < 1.29 is 18.0 Å². The van der Waals surface area contributed by atoms with Gasteiger partial charge in [-0.3, -0.25) is 9.59 Å². The number of ketones is 1. The molecular weight excluding hydrogens is 326 g/mol. The van der Waals surface area contributed by atoms with Gasteiger partial charge in [0, 0.05) is 17.7 Å². The first-order chi connectivity index (χ1) is 11.4. The molecule has 0 aliphatic heterocycles. The maximum Gasteiger partial charge on any atom is 0.225 e. The summed E-state index contributed by atoms with van der Waals surface area (Å²) < 4.78 is 24.1. The summed E-state index contributed by atoms with van der Waals surface area (Å²) in [5.41, 5.74) is 1.79. The normalized spacial score (nSPS) is 11.0. The maximum absolute atomic E-state index is 12.1. The lowest BCUT2D eigenvalue weighted by Crippen LogP contribution is -2.18. The number of nitrogens with one attached hydrogen (secondary N) is 1. The van der Waals surface area contributed by atoms with E-state index in [2.05, 4.69) is 5.32 Å². The lowest BCUT2D eigenvalue weighted by Gasteiger charge is -2.07. The Balaban J connectivity index is 1.87. The Labute approximate surface area is 141 Å². The van der Waals surface area contributed by atoms with Crippen LogP contribution in [-0.4, -0.2) is 25.9 Å². The molecule has 0 spiro atoms. The molecule has 0 radical (unpaired) electrons. The fraction of sp³-hybridized carbons (Fsp3) is 0.222. The van der Waals surface area contributed by atoms with Crippen molar-refractivity contribution in [3.8, 4) is 0 Å². The minimum Gasteiger partial charge on any atom is -0.326 e. The van der Waals surface area contributed by atoms with Crippen molar-refractivity contribution in [1.82, 2.24) is 0 Å². The van der Waals surface area contributed by atoms with Gasteiger partial charge in [0.25, 0.3) is 0 Å². The Hall–Kier alpha value is -2.47. The molecule has 2 rings (SSSR count). The number of hydrogen-bond donors (Lipinski definition) is 1. The monoisotopic (exact) mass is 345 g/mol. The smallest absolute Gasteiger partial charge is 0.225 e. The minimum atomic E-state index is -3.35. The highest BCUT2D eigenvalue weighted by Crippen LogP contribution is 2.11. The molecule has 0 aliphatic rings. The molecule has 1 N–H and O–H groups in total. The van der Waals surface area contributed by atoms with E-state index >= 15 is 0 Å². The van der Waals surface area contributed by atoms with Crippen LogP contribution in [0.5, 0.6) is 0 Å². The van der Waals surface area contributed by atoms with Crippen LogP contribution in [0.2, 0.25) is 0 Å². The van der Waals surface area contributed by atoms with Gasteiger partial charge in [0.15, 0.2) is 15.6 Å². The zero-order chi connectivity index (χ0) is 17.6. The molecule has 0 saturated carbocycles. The van der Waals surface area contributed by atoms with Crippen LogP contribution < -0.4 is 5.32 Å². The molecule has 0 aliphatic carbocycles. The molecule has 0 unspecified atom stereocenters. The number of amides is 1. The van der Waals surface area contributed by atoms with Gasteiger partial charge < -0.3 is 5.32 Å². The number of Topliss-reactive ketones (excluding diaryl/α,β-unsaturated/α-hetero) is 1. The van der Waals surface area contributed by atoms with E-state index in [9.17, 15) is 18.0 Å². The Morgan fingerprint density at radius 2 is 1.58 bits per heavy atom. The van der Waals surface area contributed by atoms with Crippen LogP contribution in [0.25, 0.3) is 0 Å². The van der Waals surface area contributed by atoms with E-state index in [1.54, 1.807) is 48.5 Å². The maximum atomic E-state index is 12.1. The predicted molar refractivity (Wildman–Crippen MR) is 93.6 cm³/mol. The SMILES string of the molecule is CC(=O)c1ccc(NC(=O)CCS(=O)(=O)Cc2ccccc2)cc1. The number of carbonyl (C=O) groups is 2. The highest BCUT2D eigenvalue weighted by molar-refractivity contribution is 7.90. The van der Waals surface area contributed by atoms with Crippen molar-refractivity contribution in [2.75, 3.05) is 11.1 Å². The molecule has 0 fully saturated rings. The summed E-state index contributed by atoms with van der Waals surface area (Å²) in [5, 5.41) is 2.63. The third kappa shape index (κ3) is 5.62. The summed E-state index contributed by atoms with van der Waals surface area (Å²) in [6.07, 6.45) is -0.108. The number of benzene rings is 2. The standard InChI is InChI=1S/C18H19NO4S/c1-14(20)16-7-9-17(10-8-16)19-18(21)11-12-24(22,23)13-15-5-3-2-4-6-15/h2-10H,11-13H2,1H3,(H,19,21). The average Bonchev–Trinajstić information content (AvgIpc) is 2.54. The van der Waals surface area contributed by atoms with E-state index in [0.29, 0.717) is 16.8 Å². The van der Waals surface area contributed by atoms with Crippen LogP contribution in [0.15, 0.2) is 54.6 Å². The second kappa shape index (κ2) is 7.88. The van der Waals surface area contributed by atoms with Gasteiger partial charge in [0.2, 0.25) is 5.91 Å². The van der Waals surface area contributed by atoms with E-state index in [1.165, 1.54) is 6.92 Å². The summed E-state index contributed by atoms with van der Waals surface area (Å²) in [5.74, 6) is -0.713. The first kappa shape index (κ1) is 17.9. The number of sulfone groups is 1. The van der Waals surface area contributed by atoms with Gasteiger partial charge >= 0.3 is 0 Å². The summed E-state index contributed by atoms with van der Waals surface area (Å²) in [4.78, 5) is 23.1. The van der Waals surface area contributed by atoms with Gasteiger partial charge in [-0.2, -0.15) is 0 Å². The molecule has 126 valence electrons. The quantitative estimate of drug-likeness (QED) is 0.783. The minimum absolute atomic E-state index is 0.0557. The number of hydrogen-bond acceptors (Lipinski definition) is 4. The molecule has 2 aromatic rings. The summed E-state index contributed by atoms with van der Waals surface area (Å²) in [7, 11) is -3.35. The fourth-order valence-electron chi connectivity index (χ4n) is 2.16. The van der Waals surface area contributed by atoms with Crippen LogP contribution in [-0.2, 0) is 20.4 Å². The molecule has 0 aromatic heterocycles. The number of rotatable bonds is 7. The molecule has 2 aromatic carbocycles. The predicted octanol–water partition coefficient (Wildman–Crippen LogP) is 2.83. The molecule has 6 heteroatoms. The zero-order valence-electron chi connectivity index (χ0n) is 13.4. The molecular formula is C18H19NO4S.